The van der Waals surface area contributed by atoms with E-state index in [-0.39, 0.29) is 47.5 Å². The molecule has 0 radical (unpaired) electrons. The highest BCUT2D eigenvalue weighted by Gasteiger charge is 2.76. The predicted molar refractivity (Wildman–Crippen MR) is 197 cm³/mol. The molecule has 3 aromatic carbocycles. The fraction of sp³-hybridized carbons (Fsp3) is 0.395. The van der Waals surface area contributed by atoms with Crippen LogP contribution in [0.4, 0.5) is 11.4 Å². The third-order valence-electron chi connectivity index (χ3n) is 9.98. The fourth-order valence-corrected chi connectivity index (χ4v) is 11.5. The molecule has 1 spiro atoms. The maximum Gasteiger partial charge on any atom is 0.251 e. The maximum absolute atomic E-state index is 15.1. The summed E-state index contributed by atoms with van der Waals surface area (Å²) in [6, 6.07) is 19.8. The highest BCUT2D eigenvalue weighted by molar-refractivity contribution is 9.09. The van der Waals surface area contributed by atoms with E-state index >= 15 is 4.79 Å². The van der Waals surface area contributed by atoms with Gasteiger partial charge in [0.05, 0.1) is 35.8 Å². The van der Waals surface area contributed by atoms with Crippen LogP contribution in [0, 0.1) is 11.8 Å². The quantitative estimate of drug-likeness (QED) is 0.166. The van der Waals surface area contributed by atoms with Crippen molar-refractivity contribution in [2.75, 3.05) is 36.1 Å². The molecule has 3 fully saturated rings. The lowest BCUT2D eigenvalue weighted by Crippen LogP contribution is -2.58. The maximum atomic E-state index is 15.1. The number of halogens is 1. The minimum absolute atomic E-state index is 0.0932. The number of benzene rings is 3. The van der Waals surface area contributed by atoms with E-state index in [1.54, 1.807) is 38.6 Å². The molecule has 2 bridgehead atoms. The average molecular weight is 733 g/mol. The summed E-state index contributed by atoms with van der Waals surface area (Å²) in [7, 11) is 0. The van der Waals surface area contributed by atoms with Crippen molar-refractivity contribution in [1.29, 1.82) is 0 Å². The van der Waals surface area contributed by atoms with Gasteiger partial charge in [0, 0.05) is 34.5 Å². The third kappa shape index (κ3) is 5.65. The van der Waals surface area contributed by atoms with Crippen LogP contribution < -0.4 is 14.5 Å². The van der Waals surface area contributed by atoms with Gasteiger partial charge in [-0.2, -0.15) is 0 Å². The van der Waals surface area contributed by atoms with E-state index in [4.69, 9.17) is 4.74 Å². The topological polar surface area (TPSA) is 90.4 Å². The Labute approximate surface area is 294 Å². The van der Waals surface area contributed by atoms with Crippen molar-refractivity contribution < 1.29 is 24.2 Å². The molecule has 7 atom stereocenters. The van der Waals surface area contributed by atoms with Gasteiger partial charge in [-0.15, -0.1) is 24.9 Å². The van der Waals surface area contributed by atoms with Gasteiger partial charge < -0.3 is 24.5 Å². The Bertz CT molecular complexity index is 1710. The summed E-state index contributed by atoms with van der Waals surface area (Å²) in [6.45, 7) is 12.4. The van der Waals surface area contributed by atoms with Crippen molar-refractivity contribution in [2.45, 2.75) is 53.6 Å². The second kappa shape index (κ2) is 14.1. The lowest BCUT2D eigenvalue weighted by molar-refractivity contribution is -0.141. The lowest BCUT2D eigenvalue weighted by Gasteiger charge is -2.40. The highest BCUT2D eigenvalue weighted by atomic mass is 79.9. The number of likely N-dealkylation sites (tertiary alicyclic amines) is 1. The summed E-state index contributed by atoms with van der Waals surface area (Å²) in [6.07, 6.45) is 4.38. The van der Waals surface area contributed by atoms with Gasteiger partial charge in [0.2, 0.25) is 11.8 Å². The summed E-state index contributed by atoms with van der Waals surface area (Å²) in [5.74, 6) is -1.37. The van der Waals surface area contributed by atoms with Crippen LogP contribution in [0.2, 0.25) is 0 Å². The Hall–Kier alpha value is -3.60. The van der Waals surface area contributed by atoms with E-state index in [0.717, 1.165) is 10.8 Å². The van der Waals surface area contributed by atoms with Crippen LogP contribution in [0.15, 0.2) is 92.0 Å². The minimum Gasteiger partial charge on any atom is -0.494 e. The number of fused-ring (bicyclic) bond motifs is 2. The first-order valence-electron chi connectivity index (χ1n) is 16.6. The van der Waals surface area contributed by atoms with Gasteiger partial charge in [-0.05, 0) is 66.9 Å². The molecule has 3 aliphatic rings. The number of aliphatic hydroxyl groups is 1. The Morgan fingerprint density at radius 2 is 1.67 bits per heavy atom. The van der Waals surface area contributed by atoms with Crippen LogP contribution in [-0.2, 0) is 14.4 Å². The van der Waals surface area contributed by atoms with Crippen molar-refractivity contribution in [3.63, 3.8) is 0 Å². The van der Waals surface area contributed by atoms with Gasteiger partial charge >= 0.3 is 0 Å². The molecule has 0 saturated carbocycles. The monoisotopic (exact) mass is 731 g/mol. The van der Waals surface area contributed by atoms with Crippen molar-refractivity contribution in [1.82, 2.24) is 4.90 Å². The molecule has 6 rings (SSSR count). The van der Waals surface area contributed by atoms with Crippen LogP contribution in [0.1, 0.15) is 26.7 Å². The SMILES string of the molecule is C=CCN(C(=O)C1N([C@@H](CC)CO)C(=O)[C@@H]2[C@H](C(=O)N(CC=C)c3ccc(OCC)cc3)[C@H]3SC12CC3Br)c1ccc2ccccc2c1. The van der Waals surface area contributed by atoms with E-state index in [1.807, 2.05) is 80.6 Å². The number of rotatable bonds is 13. The second-order valence-corrected chi connectivity index (χ2v) is 15.3. The zero-order valence-electron chi connectivity index (χ0n) is 27.3. The Kier molecular flexibility index (Phi) is 10.1. The van der Waals surface area contributed by atoms with Crippen LogP contribution >= 0.6 is 27.7 Å². The summed E-state index contributed by atoms with van der Waals surface area (Å²) in [5.41, 5.74) is 1.39. The van der Waals surface area contributed by atoms with Crippen molar-refractivity contribution in [2.24, 2.45) is 11.8 Å². The number of amides is 3. The van der Waals surface area contributed by atoms with Crippen molar-refractivity contribution >= 4 is 67.6 Å². The van der Waals surface area contributed by atoms with Crippen LogP contribution in [0.3, 0.4) is 0 Å². The number of anilines is 2. The molecule has 252 valence electrons. The van der Waals surface area contributed by atoms with Crippen LogP contribution in [0.25, 0.3) is 10.8 Å². The summed E-state index contributed by atoms with van der Waals surface area (Å²) < 4.78 is 4.75. The molecule has 0 aromatic heterocycles. The number of carbonyl (C=O) groups is 3. The number of aliphatic hydroxyl groups excluding tert-OH is 1. The zero-order valence-corrected chi connectivity index (χ0v) is 29.7. The molecular weight excluding hydrogens is 690 g/mol. The molecule has 8 nitrogen and oxygen atoms in total. The zero-order chi connectivity index (χ0) is 34.2. The van der Waals surface area contributed by atoms with Crippen molar-refractivity contribution in [3.05, 3.63) is 92.0 Å². The molecule has 3 heterocycles. The number of alkyl halides is 1. The van der Waals surface area contributed by atoms with E-state index in [9.17, 15) is 14.7 Å². The molecule has 3 unspecified atom stereocenters. The van der Waals surface area contributed by atoms with Gasteiger partial charge in [0.25, 0.3) is 5.91 Å². The third-order valence-corrected chi connectivity index (χ3v) is 13.2. The predicted octanol–water partition coefficient (Wildman–Crippen LogP) is 6.21. The van der Waals surface area contributed by atoms with Crippen LogP contribution in [0.5, 0.6) is 5.75 Å². The van der Waals surface area contributed by atoms with E-state index < -0.39 is 28.7 Å². The number of thioether (sulfide) groups is 1. The summed E-state index contributed by atoms with van der Waals surface area (Å²) >= 11 is 5.48. The van der Waals surface area contributed by atoms with Gasteiger partial charge in [0.1, 0.15) is 11.8 Å². The Balaban J connectivity index is 1.43. The minimum atomic E-state index is -0.885. The number of nitrogens with zero attached hydrogens (tertiary/aromatic N) is 3. The molecular formula is C38H42BrN3O5S. The highest BCUT2D eigenvalue weighted by Crippen LogP contribution is 2.68. The first-order chi connectivity index (χ1) is 23.2. The first-order valence-corrected chi connectivity index (χ1v) is 18.3. The first kappa shape index (κ1) is 34.3. The molecule has 3 saturated heterocycles. The lowest BCUT2D eigenvalue weighted by atomic mass is 9.70. The van der Waals surface area contributed by atoms with Gasteiger partial charge in [0.15, 0.2) is 0 Å². The standard InChI is InChI=1S/C38H42BrN3O5S/c1-5-19-40(27-15-17-29(18-16-27)47-8-4)35(44)31-32-36(45)42(26(7-3)23-43)34(38(32)22-30(39)33(31)48-38)37(46)41(20-6-2)28-14-13-24-11-9-10-12-25(24)21-28/h5-6,9-18,21,26,30-34,43H,1-2,7-8,19-20,22-23H2,3-4H3/t26-,30?,31-,32-,33-,34?,38?/m0/s1. The molecule has 0 aliphatic carbocycles. The summed E-state index contributed by atoms with van der Waals surface area (Å²) in [4.78, 5) is 49.5. The number of carbonyl (C=O) groups excluding carboxylic acids is 3. The normalized spacial score (nSPS) is 26.3. The van der Waals surface area contributed by atoms with Gasteiger partial charge in [-0.25, -0.2) is 0 Å². The smallest absolute Gasteiger partial charge is 0.251 e. The largest absolute Gasteiger partial charge is 0.494 e. The fourth-order valence-electron chi connectivity index (χ4n) is 7.90. The molecule has 10 heteroatoms. The number of ether oxygens (including phenoxy) is 1. The van der Waals surface area contributed by atoms with Gasteiger partial charge in [-0.1, -0.05) is 65.3 Å². The van der Waals surface area contributed by atoms with Crippen LogP contribution in [-0.4, -0.2) is 80.9 Å². The molecule has 1 N–H and O–H groups in total. The Morgan fingerprint density at radius 3 is 2.29 bits per heavy atom. The second-order valence-electron chi connectivity index (χ2n) is 12.6. The molecule has 3 aliphatic heterocycles. The molecule has 3 amide bonds. The van der Waals surface area contributed by atoms with Gasteiger partial charge in [-0.3, -0.25) is 14.4 Å². The van der Waals surface area contributed by atoms with E-state index in [1.165, 1.54) is 0 Å². The average Bonchev–Trinajstić information content (AvgIpc) is 3.70. The molecule has 3 aromatic rings. The Morgan fingerprint density at radius 1 is 1.02 bits per heavy atom. The molecule has 48 heavy (non-hydrogen) atoms. The summed E-state index contributed by atoms with van der Waals surface area (Å²) in [5, 5.41) is 12.4. The van der Waals surface area contributed by atoms with E-state index in [2.05, 4.69) is 29.1 Å². The number of hydrogen-bond donors (Lipinski definition) is 1. The number of hydrogen-bond acceptors (Lipinski definition) is 6. The van der Waals surface area contributed by atoms with E-state index in [0.29, 0.717) is 36.6 Å². The van der Waals surface area contributed by atoms with Crippen molar-refractivity contribution in [3.8, 4) is 5.75 Å².